The fraction of sp³-hybridized carbons (Fsp3) is 0.364. The molecule has 0 N–H and O–H groups in total. The van der Waals surface area contributed by atoms with Gasteiger partial charge in [-0.2, -0.15) is 9.57 Å². The van der Waals surface area contributed by atoms with Crippen molar-refractivity contribution in [3.8, 4) is 6.07 Å². The Bertz CT molecular complexity index is 569. The van der Waals surface area contributed by atoms with Gasteiger partial charge in [-0.15, -0.1) is 0 Å². The van der Waals surface area contributed by atoms with Gasteiger partial charge in [0.2, 0.25) is 10.0 Å². The van der Waals surface area contributed by atoms with E-state index in [-0.39, 0.29) is 23.0 Å². The van der Waals surface area contributed by atoms with E-state index in [1.54, 1.807) is 13.0 Å². The van der Waals surface area contributed by atoms with Gasteiger partial charge in [0.1, 0.15) is 17.3 Å². The van der Waals surface area contributed by atoms with E-state index in [0.29, 0.717) is 6.42 Å². The molecule has 1 aromatic carbocycles. The van der Waals surface area contributed by atoms with Crippen LogP contribution in [0, 0.1) is 17.1 Å². The van der Waals surface area contributed by atoms with E-state index in [4.69, 9.17) is 16.9 Å². The van der Waals surface area contributed by atoms with E-state index < -0.39 is 15.8 Å². The van der Waals surface area contributed by atoms with Crippen LogP contribution in [0.25, 0.3) is 0 Å². The molecule has 4 nitrogen and oxygen atoms in total. The molecule has 0 unspecified atom stereocenters. The van der Waals surface area contributed by atoms with Crippen molar-refractivity contribution in [3.63, 3.8) is 0 Å². The molecule has 18 heavy (non-hydrogen) atoms. The van der Waals surface area contributed by atoms with E-state index in [1.807, 2.05) is 0 Å². The molecule has 0 saturated heterocycles. The fourth-order valence-electron chi connectivity index (χ4n) is 1.43. The van der Waals surface area contributed by atoms with Crippen molar-refractivity contribution in [1.82, 2.24) is 4.31 Å². The van der Waals surface area contributed by atoms with E-state index in [0.717, 1.165) is 16.4 Å². The standard InChI is InChI=1S/C11H12ClFN2O2S/c1-2-6-15(7-5-14)18(16,17)11-8-9(13)3-4-10(11)12/h3-4,8H,2,6-7H2,1H3. The molecule has 0 saturated carbocycles. The largest absolute Gasteiger partial charge is 0.245 e. The highest BCUT2D eigenvalue weighted by Gasteiger charge is 2.26. The first kappa shape index (κ1) is 14.9. The maximum Gasteiger partial charge on any atom is 0.245 e. The van der Waals surface area contributed by atoms with Crippen molar-refractivity contribution in [2.24, 2.45) is 0 Å². The van der Waals surface area contributed by atoms with Crippen LogP contribution in [0.5, 0.6) is 0 Å². The molecule has 0 aliphatic heterocycles. The highest BCUT2D eigenvalue weighted by Crippen LogP contribution is 2.25. The monoisotopic (exact) mass is 290 g/mol. The van der Waals surface area contributed by atoms with Crippen LogP contribution < -0.4 is 0 Å². The molecular weight excluding hydrogens is 279 g/mol. The molecule has 0 amide bonds. The number of sulfonamides is 1. The van der Waals surface area contributed by atoms with Crippen LogP contribution in [-0.4, -0.2) is 25.8 Å². The summed E-state index contributed by atoms with van der Waals surface area (Å²) < 4.78 is 38.5. The molecule has 0 atom stereocenters. The first-order valence-electron chi connectivity index (χ1n) is 5.25. The molecule has 0 aliphatic rings. The Labute approximate surface area is 111 Å². The number of nitriles is 1. The minimum absolute atomic E-state index is 0.0598. The summed E-state index contributed by atoms with van der Waals surface area (Å²) in [4.78, 5) is -0.312. The third-order valence-electron chi connectivity index (χ3n) is 2.23. The SMILES string of the molecule is CCCN(CC#N)S(=O)(=O)c1cc(F)ccc1Cl. The second kappa shape index (κ2) is 6.14. The fourth-order valence-corrected chi connectivity index (χ4v) is 3.34. The van der Waals surface area contributed by atoms with Gasteiger partial charge in [0, 0.05) is 6.54 Å². The highest BCUT2D eigenvalue weighted by atomic mass is 35.5. The van der Waals surface area contributed by atoms with Crippen LogP contribution in [0.4, 0.5) is 4.39 Å². The van der Waals surface area contributed by atoms with Crippen LogP contribution in [0.1, 0.15) is 13.3 Å². The maximum absolute atomic E-state index is 13.1. The lowest BCUT2D eigenvalue weighted by Crippen LogP contribution is -2.32. The molecule has 0 aromatic heterocycles. The Balaban J connectivity index is 3.26. The van der Waals surface area contributed by atoms with Gasteiger partial charge in [-0.1, -0.05) is 18.5 Å². The number of nitrogens with zero attached hydrogens (tertiary/aromatic N) is 2. The van der Waals surface area contributed by atoms with Gasteiger partial charge in [-0.05, 0) is 24.6 Å². The quantitative estimate of drug-likeness (QED) is 0.782. The Morgan fingerprint density at radius 2 is 2.17 bits per heavy atom. The number of halogens is 2. The third kappa shape index (κ3) is 3.19. The smallest absolute Gasteiger partial charge is 0.207 e. The van der Waals surface area contributed by atoms with Gasteiger partial charge >= 0.3 is 0 Å². The summed E-state index contributed by atoms with van der Waals surface area (Å²) in [7, 11) is -3.94. The molecule has 98 valence electrons. The number of benzene rings is 1. The van der Waals surface area contributed by atoms with Crippen molar-refractivity contribution in [1.29, 1.82) is 5.26 Å². The van der Waals surface area contributed by atoms with Crippen LogP contribution in [0.2, 0.25) is 5.02 Å². The topological polar surface area (TPSA) is 61.2 Å². The molecule has 7 heteroatoms. The van der Waals surface area contributed by atoms with Gasteiger partial charge in [-0.3, -0.25) is 0 Å². The Morgan fingerprint density at radius 1 is 1.50 bits per heavy atom. The summed E-state index contributed by atoms with van der Waals surface area (Å²) in [5.41, 5.74) is 0. The summed E-state index contributed by atoms with van der Waals surface area (Å²) in [6.45, 7) is 1.68. The molecular formula is C11H12ClFN2O2S. The molecule has 1 rings (SSSR count). The molecule has 0 heterocycles. The summed E-state index contributed by atoms with van der Waals surface area (Å²) in [6.07, 6.45) is 0.549. The summed E-state index contributed by atoms with van der Waals surface area (Å²) in [6, 6.07) is 4.89. The predicted octanol–water partition coefficient (Wildman–Crippen LogP) is 2.40. The number of hydrogen-bond acceptors (Lipinski definition) is 3. The summed E-state index contributed by atoms with van der Waals surface area (Å²) >= 11 is 5.77. The molecule has 1 aromatic rings. The third-order valence-corrected chi connectivity index (χ3v) is 4.56. The molecule has 0 spiro atoms. The minimum atomic E-state index is -3.94. The lowest BCUT2D eigenvalue weighted by Gasteiger charge is -2.19. The van der Waals surface area contributed by atoms with Gasteiger partial charge in [0.05, 0.1) is 11.1 Å². The van der Waals surface area contributed by atoms with Crippen molar-refractivity contribution < 1.29 is 12.8 Å². The number of rotatable bonds is 5. The second-order valence-electron chi connectivity index (χ2n) is 3.57. The lowest BCUT2D eigenvalue weighted by atomic mass is 10.3. The van der Waals surface area contributed by atoms with Gasteiger partial charge in [-0.25, -0.2) is 12.8 Å². The predicted molar refractivity (Wildman–Crippen MR) is 66.1 cm³/mol. The average molecular weight is 291 g/mol. The zero-order valence-corrected chi connectivity index (χ0v) is 11.3. The zero-order valence-electron chi connectivity index (χ0n) is 9.73. The summed E-state index contributed by atoms with van der Waals surface area (Å²) in [5.74, 6) is -0.689. The maximum atomic E-state index is 13.1. The molecule has 0 radical (unpaired) electrons. The second-order valence-corrected chi connectivity index (χ2v) is 5.89. The van der Waals surface area contributed by atoms with Gasteiger partial charge in [0.15, 0.2) is 0 Å². The Hall–Kier alpha value is -1.16. The molecule has 0 fully saturated rings. The van der Waals surface area contributed by atoms with Gasteiger partial charge in [0.25, 0.3) is 0 Å². The van der Waals surface area contributed by atoms with E-state index >= 15 is 0 Å². The molecule has 0 aliphatic carbocycles. The van der Waals surface area contributed by atoms with E-state index in [9.17, 15) is 12.8 Å². The van der Waals surface area contributed by atoms with Gasteiger partial charge < -0.3 is 0 Å². The molecule has 0 bridgehead atoms. The lowest BCUT2D eigenvalue weighted by molar-refractivity contribution is 0.443. The van der Waals surface area contributed by atoms with Crippen LogP contribution in [0.3, 0.4) is 0 Å². The number of hydrogen-bond donors (Lipinski definition) is 0. The Kier molecular flexibility index (Phi) is 5.08. The van der Waals surface area contributed by atoms with Crippen molar-refractivity contribution in [3.05, 3.63) is 29.0 Å². The first-order valence-corrected chi connectivity index (χ1v) is 7.07. The van der Waals surface area contributed by atoms with Crippen LogP contribution in [0.15, 0.2) is 23.1 Å². The average Bonchev–Trinajstić information content (AvgIpc) is 2.32. The Morgan fingerprint density at radius 3 is 2.72 bits per heavy atom. The first-order chi connectivity index (χ1) is 8.43. The van der Waals surface area contributed by atoms with E-state index in [2.05, 4.69) is 0 Å². The van der Waals surface area contributed by atoms with Crippen molar-refractivity contribution in [2.45, 2.75) is 18.2 Å². The normalized spacial score (nSPS) is 11.5. The van der Waals surface area contributed by atoms with Crippen LogP contribution >= 0.6 is 11.6 Å². The minimum Gasteiger partial charge on any atom is -0.207 e. The van der Waals surface area contributed by atoms with Crippen molar-refractivity contribution >= 4 is 21.6 Å². The van der Waals surface area contributed by atoms with E-state index in [1.165, 1.54) is 6.07 Å². The summed E-state index contributed by atoms with van der Waals surface area (Å²) in [5, 5.41) is 8.57. The van der Waals surface area contributed by atoms with Crippen molar-refractivity contribution in [2.75, 3.05) is 13.1 Å². The zero-order chi connectivity index (χ0) is 13.8. The van der Waals surface area contributed by atoms with Crippen LogP contribution in [-0.2, 0) is 10.0 Å². The highest BCUT2D eigenvalue weighted by molar-refractivity contribution is 7.89.